The van der Waals surface area contributed by atoms with Gasteiger partial charge in [-0.2, -0.15) is 0 Å². The Morgan fingerprint density at radius 3 is 2.88 bits per heavy atom. The van der Waals surface area contributed by atoms with Crippen molar-refractivity contribution in [2.24, 2.45) is 0 Å². The first-order chi connectivity index (χ1) is 7.75. The smallest absolute Gasteiger partial charge is 0.0157 e. The Bertz CT molecular complexity index is 569. The zero-order chi connectivity index (χ0) is 11.4. The van der Waals surface area contributed by atoms with E-state index in [1.165, 1.54) is 16.0 Å². The fourth-order valence-electron chi connectivity index (χ4n) is 1.78. The Labute approximate surface area is 96.6 Å². The molecule has 0 heteroatoms. The first kappa shape index (κ1) is 10.7. The first-order valence-corrected chi connectivity index (χ1v) is 5.56. The number of benzene rings is 1. The van der Waals surface area contributed by atoms with Crippen LogP contribution in [-0.2, 0) is 0 Å². The van der Waals surface area contributed by atoms with Gasteiger partial charge in [0.2, 0.25) is 0 Å². The van der Waals surface area contributed by atoms with Crippen molar-refractivity contribution in [1.82, 2.24) is 0 Å². The lowest BCUT2D eigenvalue weighted by atomic mass is 10.1. The molecular weight excluding hydrogens is 192 g/mol. The van der Waals surface area contributed by atoms with E-state index in [2.05, 4.69) is 56.0 Å². The van der Waals surface area contributed by atoms with Gasteiger partial charge >= 0.3 is 0 Å². The van der Waals surface area contributed by atoms with E-state index in [4.69, 9.17) is 0 Å². The largest absolute Gasteiger partial charge is 0.0917 e. The van der Waals surface area contributed by atoms with Gasteiger partial charge in [-0.1, -0.05) is 60.7 Å². The summed E-state index contributed by atoms with van der Waals surface area (Å²) >= 11 is 0. The molecular formula is C16H16. The second-order valence-electron chi connectivity index (χ2n) is 4.08. The van der Waals surface area contributed by atoms with E-state index in [1.807, 2.05) is 12.2 Å². The fraction of sp³-hybridized carbons (Fsp3) is 0.125. The van der Waals surface area contributed by atoms with Gasteiger partial charge < -0.3 is 0 Å². The molecule has 0 bridgehead atoms. The highest BCUT2D eigenvalue weighted by atomic mass is 13.9. The summed E-state index contributed by atoms with van der Waals surface area (Å²) < 4.78 is 0. The van der Waals surface area contributed by atoms with Crippen LogP contribution in [0.15, 0.2) is 54.7 Å². The molecule has 0 aromatic heterocycles. The third-order valence-corrected chi connectivity index (χ3v) is 2.61. The van der Waals surface area contributed by atoms with E-state index in [1.54, 1.807) is 0 Å². The monoisotopic (exact) mass is 208 g/mol. The van der Waals surface area contributed by atoms with Crippen molar-refractivity contribution in [2.75, 3.05) is 0 Å². The molecule has 2 rings (SSSR count). The van der Waals surface area contributed by atoms with Crippen LogP contribution in [0.1, 0.15) is 12.0 Å². The highest BCUT2D eigenvalue weighted by Crippen LogP contribution is 1.97. The standard InChI is InChI=1S/C16H16/c1-13-7-5-3-4-6-8-15-12-14(2)9-10-16(15)11-13/h3-5,7-12H,1,6H2,2H3/b4-3-,7-5-,15-8-,16-11?. The van der Waals surface area contributed by atoms with Crippen LogP contribution in [0, 0.1) is 6.92 Å². The fourth-order valence-corrected chi connectivity index (χ4v) is 1.78. The Kier molecular flexibility index (Phi) is 3.21. The summed E-state index contributed by atoms with van der Waals surface area (Å²) in [6, 6.07) is 6.52. The maximum Gasteiger partial charge on any atom is -0.0157 e. The van der Waals surface area contributed by atoms with Crippen LogP contribution >= 0.6 is 0 Å². The lowest BCUT2D eigenvalue weighted by Gasteiger charge is -1.97. The average Bonchev–Trinajstić information content (AvgIpc) is 2.26. The summed E-state index contributed by atoms with van der Waals surface area (Å²) in [5.41, 5.74) is 2.33. The zero-order valence-corrected chi connectivity index (χ0v) is 9.61. The van der Waals surface area contributed by atoms with Crippen LogP contribution in [-0.4, -0.2) is 0 Å². The highest BCUT2D eigenvalue weighted by Gasteiger charge is 1.90. The van der Waals surface area contributed by atoms with E-state index in [0.29, 0.717) is 0 Å². The van der Waals surface area contributed by atoms with E-state index in [-0.39, 0.29) is 0 Å². The Morgan fingerprint density at radius 1 is 1.12 bits per heavy atom. The van der Waals surface area contributed by atoms with Crippen LogP contribution in [0.5, 0.6) is 0 Å². The number of aryl methyl sites for hydroxylation is 1. The number of rotatable bonds is 0. The molecule has 1 aromatic carbocycles. The number of fused-ring (bicyclic) bond motifs is 1. The summed E-state index contributed by atoms with van der Waals surface area (Å²) in [4.78, 5) is 0. The second-order valence-corrected chi connectivity index (χ2v) is 4.08. The lowest BCUT2D eigenvalue weighted by Crippen LogP contribution is -2.24. The Morgan fingerprint density at radius 2 is 2.00 bits per heavy atom. The van der Waals surface area contributed by atoms with Crippen LogP contribution in [0.25, 0.3) is 12.2 Å². The molecule has 1 aliphatic carbocycles. The summed E-state index contributed by atoms with van der Waals surface area (Å²) in [5.74, 6) is 0. The summed E-state index contributed by atoms with van der Waals surface area (Å²) in [6.07, 6.45) is 13.6. The number of hydrogen-bond donors (Lipinski definition) is 0. The van der Waals surface area contributed by atoms with Gasteiger partial charge in [0.25, 0.3) is 0 Å². The third-order valence-electron chi connectivity index (χ3n) is 2.61. The second kappa shape index (κ2) is 4.80. The molecule has 0 saturated heterocycles. The molecule has 0 heterocycles. The highest BCUT2D eigenvalue weighted by molar-refractivity contribution is 5.53. The molecule has 1 aliphatic rings. The van der Waals surface area contributed by atoms with Crippen molar-refractivity contribution in [3.8, 4) is 0 Å². The predicted octanol–water partition coefficient (Wildman–Crippen LogP) is 2.63. The van der Waals surface area contributed by atoms with Crippen LogP contribution in [0.3, 0.4) is 0 Å². The van der Waals surface area contributed by atoms with Gasteiger partial charge in [-0.3, -0.25) is 0 Å². The van der Waals surface area contributed by atoms with Gasteiger partial charge in [0.15, 0.2) is 0 Å². The normalized spacial score (nSPS) is 21.1. The van der Waals surface area contributed by atoms with E-state index in [0.717, 1.165) is 12.0 Å². The SMILES string of the molecule is C=C1C=c2ccc(C)c/c2=C/C/C=C\C=C/1. The molecule has 0 unspecified atom stereocenters. The summed E-state index contributed by atoms with van der Waals surface area (Å²) in [7, 11) is 0. The Balaban J connectivity index is 2.67. The molecule has 0 aliphatic heterocycles. The maximum absolute atomic E-state index is 4.02. The Hall–Kier alpha value is -1.82. The van der Waals surface area contributed by atoms with Gasteiger partial charge in [-0.15, -0.1) is 0 Å². The molecule has 0 amide bonds. The molecule has 80 valence electrons. The van der Waals surface area contributed by atoms with Crippen molar-refractivity contribution < 1.29 is 0 Å². The van der Waals surface area contributed by atoms with Crippen molar-refractivity contribution in [3.63, 3.8) is 0 Å². The van der Waals surface area contributed by atoms with Crippen LogP contribution < -0.4 is 10.4 Å². The molecule has 0 fully saturated rings. The van der Waals surface area contributed by atoms with Crippen molar-refractivity contribution in [3.05, 3.63) is 70.7 Å². The summed E-state index contributed by atoms with van der Waals surface area (Å²) in [6.45, 7) is 6.14. The summed E-state index contributed by atoms with van der Waals surface area (Å²) in [5, 5.41) is 2.54. The molecule has 0 spiro atoms. The minimum absolute atomic E-state index is 0.973. The average molecular weight is 208 g/mol. The lowest BCUT2D eigenvalue weighted by molar-refractivity contribution is 1.37. The van der Waals surface area contributed by atoms with E-state index >= 15 is 0 Å². The molecule has 16 heavy (non-hydrogen) atoms. The molecule has 0 nitrogen and oxygen atoms in total. The minimum atomic E-state index is 0.973. The quantitative estimate of drug-likeness (QED) is 0.615. The molecule has 0 radical (unpaired) electrons. The van der Waals surface area contributed by atoms with Crippen LogP contribution in [0.2, 0.25) is 0 Å². The molecule has 0 atom stereocenters. The van der Waals surface area contributed by atoms with Gasteiger partial charge in [-0.05, 0) is 35.4 Å². The van der Waals surface area contributed by atoms with Gasteiger partial charge in [-0.25, -0.2) is 0 Å². The van der Waals surface area contributed by atoms with E-state index < -0.39 is 0 Å². The predicted molar refractivity (Wildman–Crippen MR) is 71.4 cm³/mol. The third kappa shape index (κ3) is 2.60. The number of allylic oxidation sites excluding steroid dienone is 5. The van der Waals surface area contributed by atoms with Gasteiger partial charge in [0, 0.05) is 0 Å². The van der Waals surface area contributed by atoms with Crippen molar-refractivity contribution in [1.29, 1.82) is 0 Å². The van der Waals surface area contributed by atoms with Gasteiger partial charge in [0.05, 0.1) is 0 Å². The topological polar surface area (TPSA) is 0 Å². The van der Waals surface area contributed by atoms with E-state index in [9.17, 15) is 0 Å². The molecule has 1 aromatic rings. The van der Waals surface area contributed by atoms with Gasteiger partial charge in [0.1, 0.15) is 0 Å². The molecule has 0 saturated carbocycles. The maximum atomic E-state index is 4.02. The first-order valence-electron chi connectivity index (χ1n) is 5.56. The van der Waals surface area contributed by atoms with Crippen LogP contribution in [0.4, 0.5) is 0 Å². The number of hydrogen-bond acceptors (Lipinski definition) is 0. The van der Waals surface area contributed by atoms with Crippen molar-refractivity contribution in [2.45, 2.75) is 13.3 Å². The zero-order valence-electron chi connectivity index (χ0n) is 9.61. The van der Waals surface area contributed by atoms with Crippen molar-refractivity contribution >= 4 is 12.2 Å². The molecule has 0 N–H and O–H groups in total. The minimum Gasteiger partial charge on any atom is -0.0917 e.